The molecule has 0 heterocycles. The second-order valence-corrected chi connectivity index (χ2v) is 4.29. The van der Waals surface area contributed by atoms with Gasteiger partial charge in [0, 0.05) is 12.7 Å². The van der Waals surface area contributed by atoms with Gasteiger partial charge in [-0.2, -0.15) is 0 Å². The Morgan fingerprint density at radius 1 is 1.09 bits per heavy atom. The van der Waals surface area contributed by atoms with Crippen LogP contribution in [0, 0.1) is 17.5 Å². The topological polar surface area (TPSA) is 77.8 Å². The van der Waals surface area contributed by atoms with Gasteiger partial charge in [0.2, 0.25) is 0 Å². The zero-order chi connectivity index (χ0) is 17.0. The van der Waals surface area contributed by atoms with E-state index in [2.05, 4.69) is 0 Å². The van der Waals surface area contributed by atoms with Crippen molar-refractivity contribution in [2.75, 3.05) is 11.4 Å². The van der Waals surface area contributed by atoms with Gasteiger partial charge in [-0.25, -0.2) is 22.8 Å². The number of nitrogens with zero attached hydrogens (tertiary/aromatic N) is 1. The summed E-state index contributed by atoms with van der Waals surface area (Å²) in [6.07, 6.45) is 0.752. The zero-order valence-electron chi connectivity index (χ0n) is 11.9. The molecule has 0 radical (unpaired) electrons. The fourth-order valence-electron chi connectivity index (χ4n) is 1.80. The number of aliphatic carboxylic acids is 2. The van der Waals surface area contributed by atoms with Crippen molar-refractivity contribution in [2.45, 2.75) is 20.3 Å². The largest absolute Gasteiger partial charge is 0.477 e. The first-order chi connectivity index (χ1) is 10.2. The third kappa shape index (κ3) is 3.38. The summed E-state index contributed by atoms with van der Waals surface area (Å²) in [5.41, 5.74) is -1.56. The van der Waals surface area contributed by atoms with E-state index < -0.39 is 40.7 Å². The molecule has 0 aromatic heterocycles. The highest BCUT2D eigenvalue weighted by Crippen LogP contribution is 2.27. The van der Waals surface area contributed by atoms with Gasteiger partial charge < -0.3 is 15.1 Å². The van der Waals surface area contributed by atoms with Crippen LogP contribution in [0.5, 0.6) is 0 Å². The molecule has 8 heteroatoms. The van der Waals surface area contributed by atoms with E-state index in [9.17, 15) is 22.8 Å². The number of carboxylic acid groups (broad SMARTS) is 2. The maximum Gasteiger partial charge on any atom is 0.344 e. The summed E-state index contributed by atoms with van der Waals surface area (Å²) >= 11 is 0. The van der Waals surface area contributed by atoms with Gasteiger partial charge in [-0.05, 0) is 25.0 Å². The lowest BCUT2D eigenvalue weighted by atomic mass is 10.1. The molecule has 0 aliphatic heterocycles. The molecule has 0 atom stereocenters. The summed E-state index contributed by atoms with van der Waals surface area (Å²) in [5, 5.41) is 17.6. The number of halogens is 3. The van der Waals surface area contributed by atoms with Crippen molar-refractivity contribution in [2.24, 2.45) is 0 Å². The van der Waals surface area contributed by atoms with Crippen LogP contribution in [0.2, 0.25) is 0 Å². The highest BCUT2D eigenvalue weighted by Gasteiger charge is 2.23. The molecule has 120 valence electrons. The minimum Gasteiger partial charge on any atom is -0.477 e. The van der Waals surface area contributed by atoms with Gasteiger partial charge in [0.25, 0.3) is 0 Å². The molecule has 0 saturated carbocycles. The monoisotopic (exact) mass is 317 g/mol. The number of rotatable bonds is 6. The molecule has 0 fully saturated rings. The van der Waals surface area contributed by atoms with E-state index in [4.69, 9.17) is 10.2 Å². The molecule has 0 bridgehead atoms. The Morgan fingerprint density at radius 3 is 2.05 bits per heavy atom. The lowest BCUT2D eigenvalue weighted by Crippen LogP contribution is -2.23. The van der Waals surface area contributed by atoms with E-state index in [0.29, 0.717) is 6.20 Å². The van der Waals surface area contributed by atoms with Crippen LogP contribution in [0.15, 0.2) is 17.8 Å². The van der Waals surface area contributed by atoms with Crippen LogP contribution in [0.1, 0.15) is 19.4 Å². The van der Waals surface area contributed by atoms with Crippen molar-refractivity contribution in [1.29, 1.82) is 0 Å². The maximum atomic E-state index is 13.9. The van der Waals surface area contributed by atoms with Crippen molar-refractivity contribution in [3.8, 4) is 0 Å². The summed E-state index contributed by atoms with van der Waals surface area (Å²) < 4.78 is 40.9. The van der Waals surface area contributed by atoms with Gasteiger partial charge in [0.15, 0.2) is 23.0 Å². The normalized spacial score (nSPS) is 10.2. The smallest absolute Gasteiger partial charge is 0.344 e. The second-order valence-electron chi connectivity index (χ2n) is 4.29. The molecule has 0 aliphatic carbocycles. The van der Waals surface area contributed by atoms with E-state index in [1.807, 2.05) is 0 Å². The SMILES string of the molecule is CCc1cc(N(C=C(C(=O)O)C(=O)O)CC)c(F)c(F)c1F. The van der Waals surface area contributed by atoms with Crippen molar-refractivity contribution in [3.05, 3.63) is 40.9 Å². The quantitative estimate of drug-likeness (QED) is 0.365. The van der Waals surface area contributed by atoms with Gasteiger partial charge >= 0.3 is 11.9 Å². The molecule has 2 N–H and O–H groups in total. The molecule has 1 aromatic rings. The summed E-state index contributed by atoms with van der Waals surface area (Å²) in [5.74, 6) is -7.98. The number of benzene rings is 1. The first kappa shape index (κ1) is 17.5. The van der Waals surface area contributed by atoms with Crippen molar-refractivity contribution in [1.82, 2.24) is 0 Å². The third-order valence-electron chi connectivity index (χ3n) is 2.98. The van der Waals surface area contributed by atoms with Crippen LogP contribution < -0.4 is 4.90 Å². The Balaban J connectivity index is 3.49. The van der Waals surface area contributed by atoms with Crippen molar-refractivity contribution >= 4 is 17.6 Å². The molecular weight excluding hydrogens is 303 g/mol. The van der Waals surface area contributed by atoms with Gasteiger partial charge in [-0.3, -0.25) is 0 Å². The predicted octanol–water partition coefficient (Wildman–Crippen LogP) is 2.55. The number of carbonyl (C=O) groups is 2. The van der Waals surface area contributed by atoms with E-state index in [0.717, 1.165) is 11.0 Å². The average molecular weight is 317 g/mol. The van der Waals surface area contributed by atoms with Gasteiger partial charge in [0.1, 0.15) is 0 Å². The second kappa shape index (κ2) is 6.97. The van der Waals surface area contributed by atoms with Crippen LogP contribution in [-0.4, -0.2) is 28.7 Å². The van der Waals surface area contributed by atoms with E-state index in [1.165, 1.54) is 13.8 Å². The van der Waals surface area contributed by atoms with Gasteiger partial charge in [-0.15, -0.1) is 0 Å². The predicted molar refractivity (Wildman–Crippen MR) is 72.1 cm³/mol. The Labute approximate surface area is 124 Å². The summed E-state index contributed by atoms with van der Waals surface area (Å²) in [6, 6.07) is 1.02. The standard InChI is InChI=1S/C14H14F3NO4/c1-3-7-5-9(11(16)12(17)10(7)15)18(4-2)6-8(13(19)20)14(21)22/h5-6H,3-4H2,1-2H3,(H,19,20)(H,21,22). The molecule has 0 aliphatic rings. The summed E-state index contributed by atoms with van der Waals surface area (Å²) in [6.45, 7) is 2.96. The van der Waals surface area contributed by atoms with E-state index in [-0.39, 0.29) is 18.5 Å². The lowest BCUT2D eigenvalue weighted by molar-refractivity contribution is -0.140. The minimum absolute atomic E-state index is 0.0464. The van der Waals surface area contributed by atoms with Gasteiger partial charge in [-0.1, -0.05) is 6.92 Å². The number of anilines is 1. The molecule has 22 heavy (non-hydrogen) atoms. The molecule has 5 nitrogen and oxygen atoms in total. The number of hydrogen-bond donors (Lipinski definition) is 2. The number of carboxylic acids is 2. The van der Waals surface area contributed by atoms with Crippen LogP contribution >= 0.6 is 0 Å². The summed E-state index contributed by atoms with van der Waals surface area (Å²) in [7, 11) is 0. The van der Waals surface area contributed by atoms with Crippen molar-refractivity contribution in [3.63, 3.8) is 0 Å². The molecule has 1 aromatic carbocycles. The summed E-state index contributed by atoms with van der Waals surface area (Å²) in [4.78, 5) is 22.6. The molecule has 0 spiro atoms. The van der Waals surface area contributed by atoms with Crippen LogP contribution in [0.3, 0.4) is 0 Å². The number of hydrogen-bond acceptors (Lipinski definition) is 3. The Kier molecular flexibility index (Phi) is 5.56. The Morgan fingerprint density at radius 2 is 1.64 bits per heavy atom. The Hall–Kier alpha value is -2.51. The van der Waals surface area contributed by atoms with Gasteiger partial charge in [0.05, 0.1) is 5.69 Å². The zero-order valence-corrected chi connectivity index (χ0v) is 11.9. The minimum atomic E-state index is -1.73. The maximum absolute atomic E-state index is 13.9. The molecule has 0 amide bonds. The average Bonchev–Trinajstić information content (AvgIpc) is 2.46. The third-order valence-corrected chi connectivity index (χ3v) is 2.98. The molecule has 1 rings (SSSR count). The highest BCUT2D eigenvalue weighted by atomic mass is 19.2. The molecular formula is C14H14F3NO4. The lowest BCUT2D eigenvalue weighted by Gasteiger charge is -2.21. The number of aryl methyl sites for hydroxylation is 1. The van der Waals surface area contributed by atoms with Crippen molar-refractivity contribution < 1.29 is 33.0 Å². The highest BCUT2D eigenvalue weighted by molar-refractivity contribution is 6.12. The molecule has 0 saturated heterocycles. The van der Waals surface area contributed by atoms with Crippen LogP contribution in [-0.2, 0) is 16.0 Å². The molecule has 0 unspecified atom stereocenters. The Bertz CT molecular complexity index is 627. The first-order valence-electron chi connectivity index (χ1n) is 6.35. The van der Waals surface area contributed by atoms with Crippen LogP contribution in [0.4, 0.5) is 18.9 Å². The van der Waals surface area contributed by atoms with Crippen LogP contribution in [0.25, 0.3) is 0 Å². The fraction of sp³-hybridized carbons (Fsp3) is 0.286. The van der Waals surface area contributed by atoms with E-state index >= 15 is 0 Å². The van der Waals surface area contributed by atoms with E-state index in [1.54, 1.807) is 0 Å². The fourth-order valence-corrected chi connectivity index (χ4v) is 1.80. The first-order valence-corrected chi connectivity index (χ1v) is 6.35.